The number of thioether (sulfide) groups is 1. The van der Waals surface area contributed by atoms with E-state index in [4.69, 9.17) is 4.74 Å². The molecule has 0 aliphatic carbocycles. The van der Waals surface area contributed by atoms with Crippen molar-refractivity contribution in [3.63, 3.8) is 0 Å². The Hall–Kier alpha value is -2.78. The number of hydrogen-bond acceptors (Lipinski definition) is 6. The summed E-state index contributed by atoms with van der Waals surface area (Å²) in [5.41, 5.74) is 0.287. The second-order valence-corrected chi connectivity index (χ2v) is 13.3. The number of anilines is 1. The lowest BCUT2D eigenvalue weighted by Gasteiger charge is -2.40. The highest BCUT2D eigenvalue weighted by Gasteiger charge is 2.74. The molecule has 0 saturated carbocycles. The van der Waals surface area contributed by atoms with E-state index in [2.05, 4.69) is 0 Å². The Labute approximate surface area is 228 Å². The summed E-state index contributed by atoms with van der Waals surface area (Å²) in [5.74, 6) is -1.18. The van der Waals surface area contributed by atoms with Gasteiger partial charge in [0.15, 0.2) is 0 Å². The second kappa shape index (κ2) is 9.45. The second-order valence-electron chi connectivity index (χ2n) is 11.6. The van der Waals surface area contributed by atoms with Crippen LogP contribution in [0, 0.1) is 11.8 Å². The van der Waals surface area contributed by atoms with Crippen LogP contribution in [0.15, 0.2) is 48.6 Å². The van der Waals surface area contributed by atoms with E-state index in [-0.39, 0.29) is 30.9 Å². The smallest absolute Gasteiger partial charge is 0.247 e. The molecular formula is C29H37N3O5S. The van der Waals surface area contributed by atoms with E-state index in [0.29, 0.717) is 19.7 Å². The number of nitrogens with zero attached hydrogens (tertiary/aromatic N) is 3. The molecule has 4 aliphatic heterocycles. The minimum absolute atomic E-state index is 0.0515. The first-order valence-electron chi connectivity index (χ1n) is 13.3. The monoisotopic (exact) mass is 539 g/mol. The SMILES string of the molecule is CCOc1ccc(N2CC=C[C@]3(C)S[C@]45C=CCN(C(C)(C)C)C(=O)C4N(CCO)C(=O)[C@@H]5[C@@H]3C2=O)cc1. The van der Waals surface area contributed by atoms with Gasteiger partial charge in [0.05, 0.1) is 29.8 Å². The summed E-state index contributed by atoms with van der Waals surface area (Å²) in [5, 5.41) is 9.87. The van der Waals surface area contributed by atoms with Gasteiger partial charge in [0.25, 0.3) is 0 Å². The quantitative estimate of drug-likeness (QED) is 0.579. The van der Waals surface area contributed by atoms with Gasteiger partial charge < -0.3 is 24.5 Å². The summed E-state index contributed by atoms with van der Waals surface area (Å²) in [6.45, 7) is 11.1. The molecule has 1 aromatic rings. The lowest BCUT2D eigenvalue weighted by atomic mass is 9.74. The summed E-state index contributed by atoms with van der Waals surface area (Å²) in [6.07, 6.45) is 8.03. The fraction of sp³-hybridized carbons (Fsp3) is 0.552. The molecule has 204 valence electrons. The standard InChI is InChI=1S/C29H37N3O5S/c1-6-37-20-11-9-19(10-12-20)30-15-7-13-28(5)21(24(30)34)22-25(35)31(17-18-33)23-26(36)32(27(2,3)4)16-8-14-29(22,23)38-28/h7-14,21-23,33H,6,15-18H2,1-5H3/t21-,22+,23?,28+,29+/m1/s1. The third-order valence-electron chi connectivity index (χ3n) is 8.17. The van der Waals surface area contributed by atoms with Gasteiger partial charge in [-0.05, 0) is 58.9 Å². The average molecular weight is 540 g/mol. The first kappa shape index (κ1) is 26.8. The molecular weight excluding hydrogens is 502 g/mol. The van der Waals surface area contributed by atoms with Crippen LogP contribution < -0.4 is 9.64 Å². The Morgan fingerprint density at radius 3 is 2.32 bits per heavy atom. The van der Waals surface area contributed by atoms with Crippen molar-refractivity contribution >= 4 is 35.2 Å². The zero-order valence-corrected chi connectivity index (χ0v) is 23.5. The maximum atomic E-state index is 14.4. The van der Waals surface area contributed by atoms with Gasteiger partial charge in [-0.2, -0.15) is 0 Å². The molecule has 5 atom stereocenters. The first-order chi connectivity index (χ1) is 18.0. The van der Waals surface area contributed by atoms with Crippen LogP contribution >= 0.6 is 11.8 Å². The predicted molar refractivity (Wildman–Crippen MR) is 148 cm³/mol. The number of carbonyl (C=O) groups is 3. The van der Waals surface area contributed by atoms with Crippen molar-refractivity contribution in [2.24, 2.45) is 11.8 Å². The summed E-state index contributed by atoms with van der Waals surface area (Å²) < 4.78 is 3.98. The van der Waals surface area contributed by atoms with E-state index < -0.39 is 32.9 Å². The largest absolute Gasteiger partial charge is 0.494 e. The molecule has 3 amide bonds. The number of likely N-dealkylation sites (tertiary alicyclic amines) is 1. The molecule has 9 heteroatoms. The lowest BCUT2D eigenvalue weighted by molar-refractivity contribution is -0.145. The summed E-state index contributed by atoms with van der Waals surface area (Å²) in [4.78, 5) is 47.7. The molecule has 5 rings (SSSR count). The Kier molecular flexibility index (Phi) is 6.67. The summed E-state index contributed by atoms with van der Waals surface area (Å²) in [6, 6.07) is 6.63. The van der Waals surface area contributed by atoms with Crippen LogP contribution in [0.4, 0.5) is 5.69 Å². The molecule has 4 heterocycles. The summed E-state index contributed by atoms with van der Waals surface area (Å²) >= 11 is 1.55. The minimum atomic E-state index is -0.912. The number of aliphatic hydroxyl groups excluding tert-OH is 1. The molecule has 0 aromatic heterocycles. The Morgan fingerprint density at radius 2 is 1.68 bits per heavy atom. The van der Waals surface area contributed by atoms with E-state index in [0.717, 1.165) is 11.4 Å². The highest BCUT2D eigenvalue weighted by atomic mass is 32.2. The molecule has 0 bridgehead atoms. The van der Waals surface area contributed by atoms with Crippen molar-refractivity contribution in [3.05, 3.63) is 48.6 Å². The normalized spacial score (nSPS) is 32.7. The first-order valence-corrected chi connectivity index (χ1v) is 14.1. The fourth-order valence-electron chi connectivity index (χ4n) is 6.59. The minimum Gasteiger partial charge on any atom is -0.494 e. The predicted octanol–water partition coefficient (Wildman–Crippen LogP) is 2.86. The van der Waals surface area contributed by atoms with E-state index in [1.165, 1.54) is 4.90 Å². The van der Waals surface area contributed by atoms with Gasteiger partial charge in [-0.25, -0.2) is 0 Å². The molecule has 4 aliphatic rings. The van der Waals surface area contributed by atoms with Crippen molar-refractivity contribution in [3.8, 4) is 5.75 Å². The Bertz CT molecular complexity index is 1190. The molecule has 1 aromatic carbocycles. The zero-order chi connectivity index (χ0) is 27.5. The molecule has 8 nitrogen and oxygen atoms in total. The fourth-order valence-corrected chi connectivity index (χ4v) is 8.75. The Morgan fingerprint density at radius 1 is 1.00 bits per heavy atom. The molecule has 38 heavy (non-hydrogen) atoms. The van der Waals surface area contributed by atoms with Crippen LogP contribution in [0.2, 0.25) is 0 Å². The number of amides is 3. The maximum absolute atomic E-state index is 14.4. The van der Waals surface area contributed by atoms with Crippen LogP contribution in [-0.2, 0) is 14.4 Å². The number of ether oxygens (including phenoxy) is 1. The van der Waals surface area contributed by atoms with Crippen LogP contribution in [0.25, 0.3) is 0 Å². The van der Waals surface area contributed by atoms with Crippen molar-refractivity contribution in [2.45, 2.75) is 55.7 Å². The number of carbonyl (C=O) groups excluding carboxylic acids is 3. The van der Waals surface area contributed by atoms with Crippen LogP contribution in [0.1, 0.15) is 34.6 Å². The number of β-amino-alcohol motifs (C(OH)–C–C–N with tert-alkyl or cyclic N) is 1. The number of fused-ring (bicyclic) bond motifs is 2. The van der Waals surface area contributed by atoms with Crippen LogP contribution in [0.3, 0.4) is 0 Å². The topological polar surface area (TPSA) is 90.4 Å². The number of rotatable bonds is 5. The summed E-state index contributed by atoms with van der Waals surface area (Å²) in [7, 11) is 0. The molecule has 1 spiro atoms. The van der Waals surface area contributed by atoms with Crippen molar-refractivity contribution in [1.29, 1.82) is 0 Å². The molecule has 1 N–H and O–H groups in total. The molecule has 2 fully saturated rings. The highest BCUT2D eigenvalue weighted by Crippen LogP contribution is 2.65. The maximum Gasteiger partial charge on any atom is 0.247 e. The van der Waals surface area contributed by atoms with Crippen molar-refractivity contribution < 1.29 is 24.2 Å². The number of aliphatic hydroxyl groups is 1. The average Bonchev–Trinajstić information content (AvgIpc) is 3.10. The number of hydrogen-bond donors (Lipinski definition) is 1. The third-order valence-corrected chi connectivity index (χ3v) is 9.96. The van der Waals surface area contributed by atoms with E-state index in [1.54, 1.807) is 21.6 Å². The number of benzene rings is 1. The van der Waals surface area contributed by atoms with Crippen molar-refractivity contribution in [1.82, 2.24) is 9.80 Å². The van der Waals surface area contributed by atoms with Crippen molar-refractivity contribution in [2.75, 3.05) is 37.7 Å². The Balaban J connectivity index is 1.60. The van der Waals surface area contributed by atoms with E-state index in [9.17, 15) is 19.5 Å². The highest BCUT2D eigenvalue weighted by molar-refractivity contribution is 8.02. The molecule has 0 radical (unpaired) electrons. The van der Waals surface area contributed by atoms with Gasteiger partial charge in [-0.15, -0.1) is 11.8 Å². The van der Waals surface area contributed by atoms with Crippen LogP contribution in [0.5, 0.6) is 5.75 Å². The zero-order valence-electron chi connectivity index (χ0n) is 22.7. The van der Waals surface area contributed by atoms with Crippen LogP contribution in [-0.4, -0.2) is 86.6 Å². The van der Waals surface area contributed by atoms with Gasteiger partial charge in [0.1, 0.15) is 11.8 Å². The van der Waals surface area contributed by atoms with Gasteiger partial charge >= 0.3 is 0 Å². The van der Waals surface area contributed by atoms with Gasteiger partial charge in [0, 0.05) is 35.6 Å². The van der Waals surface area contributed by atoms with Gasteiger partial charge in [-0.3, -0.25) is 14.4 Å². The van der Waals surface area contributed by atoms with Gasteiger partial charge in [0.2, 0.25) is 17.7 Å². The lowest BCUT2D eigenvalue weighted by Crippen LogP contribution is -2.57. The van der Waals surface area contributed by atoms with E-state index in [1.807, 2.05) is 83.2 Å². The van der Waals surface area contributed by atoms with E-state index >= 15 is 0 Å². The molecule has 2 saturated heterocycles. The molecule has 1 unspecified atom stereocenters. The van der Waals surface area contributed by atoms with Gasteiger partial charge in [-0.1, -0.05) is 24.3 Å². The third kappa shape index (κ3) is 3.97.